The second-order valence-corrected chi connectivity index (χ2v) is 5.29. The predicted octanol–water partition coefficient (Wildman–Crippen LogP) is 1.81. The average molecular weight is 264 g/mol. The van der Waals surface area contributed by atoms with Crippen LogP contribution >= 0.6 is 0 Å². The first kappa shape index (κ1) is 13.6. The van der Waals surface area contributed by atoms with Crippen LogP contribution in [-0.2, 0) is 4.79 Å². The summed E-state index contributed by atoms with van der Waals surface area (Å²) in [6.07, 6.45) is 4.13. The molecular weight excluding hydrogens is 244 g/mol. The molecule has 0 aromatic carbocycles. The van der Waals surface area contributed by atoms with E-state index < -0.39 is 11.4 Å². The summed E-state index contributed by atoms with van der Waals surface area (Å²) in [6.45, 7) is 3.52. The number of nitrogens with two attached hydrogens (primary N) is 1. The number of aryl methyl sites for hydroxylation is 2. The highest BCUT2D eigenvalue weighted by Gasteiger charge is 2.39. The monoisotopic (exact) mass is 264 g/mol. The van der Waals surface area contributed by atoms with Crippen LogP contribution in [0.4, 0.5) is 0 Å². The molecule has 5 heteroatoms. The first-order valence-corrected chi connectivity index (χ1v) is 6.64. The highest BCUT2D eigenvalue weighted by Crippen LogP contribution is 2.28. The van der Waals surface area contributed by atoms with Crippen molar-refractivity contribution in [2.75, 3.05) is 0 Å². The molecule has 5 nitrogen and oxygen atoms in total. The molecule has 0 bridgehead atoms. The number of furan rings is 1. The Bertz CT molecular complexity index is 499. The summed E-state index contributed by atoms with van der Waals surface area (Å²) in [5.74, 6) is 0.512. The fourth-order valence-electron chi connectivity index (χ4n) is 2.73. The zero-order valence-corrected chi connectivity index (χ0v) is 11.4. The molecule has 1 aliphatic rings. The number of primary amides is 1. The van der Waals surface area contributed by atoms with E-state index in [4.69, 9.17) is 10.2 Å². The fourth-order valence-corrected chi connectivity index (χ4v) is 2.73. The van der Waals surface area contributed by atoms with Crippen molar-refractivity contribution in [1.82, 2.24) is 5.32 Å². The maximum absolute atomic E-state index is 12.3. The van der Waals surface area contributed by atoms with Crippen molar-refractivity contribution in [3.63, 3.8) is 0 Å². The van der Waals surface area contributed by atoms with E-state index >= 15 is 0 Å². The van der Waals surface area contributed by atoms with Gasteiger partial charge in [0.15, 0.2) is 0 Å². The van der Waals surface area contributed by atoms with Gasteiger partial charge in [0.2, 0.25) is 5.91 Å². The van der Waals surface area contributed by atoms with Crippen molar-refractivity contribution in [2.45, 2.75) is 51.5 Å². The molecule has 2 amide bonds. The van der Waals surface area contributed by atoms with Gasteiger partial charge in [0.1, 0.15) is 17.1 Å². The molecule has 2 rings (SSSR count). The van der Waals surface area contributed by atoms with E-state index in [0.29, 0.717) is 29.9 Å². The van der Waals surface area contributed by atoms with Gasteiger partial charge in [0, 0.05) is 0 Å². The van der Waals surface area contributed by atoms with Crippen LogP contribution in [0.25, 0.3) is 0 Å². The minimum Gasteiger partial charge on any atom is -0.466 e. The maximum Gasteiger partial charge on any atom is 0.255 e. The number of hydrogen-bond donors (Lipinski definition) is 2. The van der Waals surface area contributed by atoms with Gasteiger partial charge in [-0.2, -0.15) is 0 Å². The second kappa shape index (κ2) is 5.07. The van der Waals surface area contributed by atoms with Gasteiger partial charge >= 0.3 is 0 Å². The standard InChI is InChI=1S/C14H20N2O3/c1-9-8-11(10(2)19-9)12(17)16-14(13(15)18)6-4-3-5-7-14/h8H,3-7H2,1-2H3,(H2,15,18)(H,16,17). The molecule has 0 aliphatic heterocycles. The van der Waals surface area contributed by atoms with Crippen LogP contribution in [0.3, 0.4) is 0 Å². The Labute approximate surface area is 112 Å². The summed E-state index contributed by atoms with van der Waals surface area (Å²) in [4.78, 5) is 24.0. The fraction of sp³-hybridized carbons (Fsp3) is 0.571. The minimum absolute atomic E-state index is 0.282. The number of hydrogen-bond acceptors (Lipinski definition) is 3. The Morgan fingerprint density at radius 2 is 1.89 bits per heavy atom. The van der Waals surface area contributed by atoms with E-state index in [1.165, 1.54) is 0 Å². The van der Waals surface area contributed by atoms with Crippen molar-refractivity contribution in [3.05, 3.63) is 23.2 Å². The lowest BCUT2D eigenvalue weighted by Crippen LogP contribution is -2.58. The number of amides is 2. The topological polar surface area (TPSA) is 85.3 Å². The van der Waals surface area contributed by atoms with E-state index in [9.17, 15) is 9.59 Å². The van der Waals surface area contributed by atoms with Crippen molar-refractivity contribution in [3.8, 4) is 0 Å². The lowest BCUT2D eigenvalue weighted by atomic mass is 9.81. The normalized spacial score (nSPS) is 18.0. The van der Waals surface area contributed by atoms with Gasteiger partial charge in [-0.15, -0.1) is 0 Å². The number of carbonyl (C=O) groups is 2. The zero-order valence-electron chi connectivity index (χ0n) is 11.4. The average Bonchev–Trinajstić information content (AvgIpc) is 2.69. The Balaban J connectivity index is 2.20. The third-order valence-corrected chi connectivity index (χ3v) is 3.82. The second-order valence-electron chi connectivity index (χ2n) is 5.29. The van der Waals surface area contributed by atoms with Crippen molar-refractivity contribution in [2.24, 2.45) is 5.73 Å². The minimum atomic E-state index is -0.896. The van der Waals surface area contributed by atoms with Gasteiger partial charge in [-0.3, -0.25) is 9.59 Å². The van der Waals surface area contributed by atoms with Crippen LogP contribution in [0.15, 0.2) is 10.5 Å². The van der Waals surface area contributed by atoms with E-state index in [-0.39, 0.29) is 5.91 Å². The van der Waals surface area contributed by atoms with Gasteiger partial charge in [0.25, 0.3) is 5.91 Å². The third kappa shape index (κ3) is 2.64. The van der Waals surface area contributed by atoms with Gasteiger partial charge < -0.3 is 15.5 Å². The molecule has 3 N–H and O–H groups in total. The molecule has 0 unspecified atom stereocenters. The molecule has 0 saturated heterocycles. The van der Waals surface area contributed by atoms with Gasteiger partial charge in [-0.05, 0) is 32.8 Å². The highest BCUT2D eigenvalue weighted by molar-refractivity contribution is 5.99. The van der Waals surface area contributed by atoms with Crippen molar-refractivity contribution in [1.29, 1.82) is 0 Å². The zero-order chi connectivity index (χ0) is 14.0. The molecule has 1 fully saturated rings. The van der Waals surface area contributed by atoms with Crippen LogP contribution in [0.2, 0.25) is 0 Å². The van der Waals surface area contributed by atoms with Crippen LogP contribution in [-0.4, -0.2) is 17.4 Å². The largest absolute Gasteiger partial charge is 0.466 e. The first-order valence-electron chi connectivity index (χ1n) is 6.64. The molecule has 0 spiro atoms. The molecule has 1 aromatic heterocycles. The summed E-state index contributed by atoms with van der Waals surface area (Å²) in [7, 11) is 0. The molecule has 104 valence electrons. The van der Waals surface area contributed by atoms with Crippen LogP contribution < -0.4 is 11.1 Å². The Morgan fingerprint density at radius 1 is 1.26 bits per heavy atom. The van der Waals surface area contributed by atoms with E-state index in [0.717, 1.165) is 19.3 Å². The summed E-state index contributed by atoms with van der Waals surface area (Å²) in [5, 5.41) is 2.83. The summed E-state index contributed by atoms with van der Waals surface area (Å²) in [5.41, 5.74) is 5.07. The molecule has 0 radical (unpaired) electrons. The SMILES string of the molecule is Cc1cc(C(=O)NC2(C(N)=O)CCCCC2)c(C)o1. The van der Waals surface area contributed by atoms with Crippen LogP contribution in [0, 0.1) is 13.8 Å². The van der Waals surface area contributed by atoms with E-state index in [1.807, 2.05) is 0 Å². The quantitative estimate of drug-likeness (QED) is 0.873. The van der Waals surface area contributed by atoms with E-state index in [2.05, 4.69) is 5.32 Å². The third-order valence-electron chi connectivity index (χ3n) is 3.82. The molecule has 19 heavy (non-hydrogen) atoms. The molecule has 1 saturated carbocycles. The number of rotatable bonds is 3. The van der Waals surface area contributed by atoms with Crippen molar-refractivity contribution < 1.29 is 14.0 Å². The predicted molar refractivity (Wildman–Crippen MR) is 70.7 cm³/mol. The number of carbonyl (C=O) groups excluding carboxylic acids is 2. The molecule has 1 aromatic rings. The maximum atomic E-state index is 12.3. The highest BCUT2D eigenvalue weighted by atomic mass is 16.3. The van der Waals surface area contributed by atoms with Crippen LogP contribution in [0.5, 0.6) is 0 Å². The van der Waals surface area contributed by atoms with Gasteiger partial charge in [-0.1, -0.05) is 19.3 Å². The summed E-state index contributed by atoms with van der Waals surface area (Å²) in [6, 6.07) is 1.68. The van der Waals surface area contributed by atoms with Crippen LogP contribution in [0.1, 0.15) is 54.0 Å². The lowest BCUT2D eigenvalue weighted by Gasteiger charge is -2.34. The van der Waals surface area contributed by atoms with E-state index in [1.54, 1.807) is 19.9 Å². The smallest absolute Gasteiger partial charge is 0.255 e. The molecular formula is C14H20N2O3. The Morgan fingerprint density at radius 3 is 2.37 bits per heavy atom. The summed E-state index contributed by atoms with van der Waals surface area (Å²) >= 11 is 0. The summed E-state index contributed by atoms with van der Waals surface area (Å²) < 4.78 is 5.34. The molecule has 1 heterocycles. The van der Waals surface area contributed by atoms with Gasteiger partial charge in [0.05, 0.1) is 5.56 Å². The first-order chi connectivity index (χ1) is 8.94. The Kier molecular flexibility index (Phi) is 3.64. The lowest BCUT2D eigenvalue weighted by molar-refractivity contribution is -0.125. The molecule has 0 atom stereocenters. The molecule has 1 aliphatic carbocycles. The Hall–Kier alpha value is -1.78. The van der Waals surface area contributed by atoms with Crippen molar-refractivity contribution >= 4 is 11.8 Å². The van der Waals surface area contributed by atoms with Gasteiger partial charge in [-0.25, -0.2) is 0 Å². The number of nitrogens with one attached hydrogen (secondary N) is 1.